The molecule has 112 valence electrons. The van der Waals surface area contributed by atoms with Crippen molar-refractivity contribution in [1.82, 2.24) is 9.78 Å². The predicted molar refractivity (Wildman–Crippen MR) is 87.1 cm³/mol. The van der Waals surface area contributed by atoms with E-state index < -0.39 is 0 Å². The van der Waals surface area contributed by atoms with E-state index in [9.17, 15) is 4.79 Å². The highest BCUT2D eigenvalue weighted by Gasteiger charge is 2.12. The Morgan fingerprint density at radius 3 is 2.68 bits per heavy atom. The van der Waals surface area contributed by atoms with Crippen LogP contribution in [0.25, 0.3) is 0 Å². The van der Waals surface area contributed by atoms with Crippen molar-refractivity contribution in [1.29, 1.82) is 0 Å². The fraction of sp³-hybridized carbons (Fsp3) is 0.0667. The SMILES string of the molecule is O=C(Nc1ccn(Cc2ccc(Cl)cc2)n1)c1ccc(Br)o1. The van der Waals surface area contributed by atoms with Gasteiger partial charge in [0.1, 0.15) is 0 Å². The van der Waals surface area contributed by atoms with Crippen LogP contribution in [0.5, 0.6) is 0 Å². The molecule has 3 aromatic rings. The number of benzene rings is 1. The number of carbonyl (C=O) groups excluding carboxylic acids is 1. The van der Waals surface area contributed by atoms with Gasteiger partial charge < -0.3 is 9.73 Å². The molecule has 0 spiro atoms. The monoisotopic (exact) mass is 379 g/mol. The summed E-state index contributed by atoms with van der Waals surface area (Å²) >= 11 is 9.01. The number of halogens is 2. The first kappa shape index (κ1) is 14.9. The lowest BCUT2D eigenvalue weighted by atomic mass is 10.2. The van der Waals surface area contributed by atoms with Crippen molar-refractivity contribution >= 4 is 39.3 Å². The van der Waals surface area contributed by atoms with Crippen LogP contribution >= 0.6 is 27.5 Å². The van der Waals surface area contributed by atoms with Crippen molar-refractivity contribution in [3.05, 3.63) is 69.7 Å². The number of nitrogens with zero attached hydrogens (tertiary/aromatic N) is 2. The van der Waals surface area contributed by atoms with Gasteiger partial charge >= 0.3 is 0 Å². The Labute approximate surface area is 140 Å². The summed E-state index contributed by atoms with van der Waals surface area (Å²) in [5.74, 6) is 0.341. The van der Waals surface area contributed by atoms with Gasteiger partial charge in [-0.3, -0.25) is 9.48 Å². The maximum absolute atomic E-state index is 11.9. The summed E-state index contributed by atoms with van der Waals surface area (Å²) < 4.78 is 7.43. The molecule has 0 unspecified atom stereocenters. The molecular weight excluding hydrogens is 370 g/mol. The molecule has 0 saturated heterocycles. The zero-order valence-electron chi connectivity index (χ0n) is 11.3. The van der Waals surface area contributed by atoms with Crippen LogP contribution in [0.3, 0.4) is 0 Å². The highest BCUT2D eigenvalue weighted by molar-refractivity contribution is 9.10. The lowest BCUT2D eigenvalue weighted by Crippen LogP contribution is -2.12. The molecule has 0 bridgehead atoms. The predicted octanol–water partition coefficient (Wildman–Crippen LogP) is 4.19. The number of aromatic nitrogens is 2. The van der Waals surface area contributed by atoms with E-state index in [1.165, 1.54) is 0 Å². The third-order valence-corrected chi connectivity index (χ3v) is 3.62. The second-order valence-corrected chi connectivity index (χ2v) is 5.80. The molecule has 3 rings (SSSR count). The fourth-order valence-corrected chi connectivity index (χ4v) is 2.34. The van der Waals surface area contributed by atoms with E-state index in [2.05, 4.69) is 26.3 Å². The van der Waals surface area contributed by atoms with Crippen molar-refractivity contribution < 1.29 is 9.21 Å². The summed E-state index contributed by atoms with van der Waals surface area (Å²) in [6.07, 6.45) is 1.79. The summed E-state index contributed by atoms with van der Waals surface area (Å²) in [6.45, 7) is 0.597. The maximum atomic E-state index is 11.9. The second kappa shape index (κ2) is 6.37. The largest absolute Gasteiger partial charge is 0.444 e. The number of anilines is 1. The van der Waals surface area contributed by atoms with Crippen LogP contribution in [0.15, 0.2) is 57.7 Å². The van der Waals surface area contributed by atoms with Gasteiger partial charge in [-0.25, -0.2) is 0 Å². The van der Waals surface area contributed by atoms with Crippen LogP contribution < -0.4 is 5.32 Å². The van der Waals surface area contributed by atoms with Crippen molar-refractivity contribution in [2.75, 3.05) is 5.32 Å². The van der Waals surface area contributed by atoms with Gasteiger partial charge in [0.05, 0.1) is 6.54 Å². The van der Waals surface area contributed by atoms with Gasteiger partial charge in [0.25, 0.3) is 5.91 Å². The quantitative estimate of drug-likeness (QED) is 0.738. The molecule has 5 nitrogen and oxygen atoms in total. The molecule has 0 saturated carbocycles. The molecule has 1 N–H and O–H groups in total. The van der Waals surface area contributed by atoms with Crippen LogP contribution in [-0.2, 0) is 6.54 Å². The summed E-state index contributed by atoms with van der Waals surface area (Å²) in [6, 6.07) is 12.5. The smallest absolute Gasteiger partial charge is 0.292 e. The van der Waals surface area contributed by atoms with Crippen LogP contribution in [0.4, 0.5) is 5.82 Å². The minimum atomic E-state index is -0.345. The summed E-state index contributed by atoms with van der Waals surface area (Å²) in [7, 11) is 0. The van der Waals surface area contributed by atoms with Crippen molar-refractivity contribution in [2.45, 2.75) is 6.54 Å². The van der Waals surface area contributed by atoms with Crippen LogP contribution in [0.1, 0.15) is 16.1 Å². The number of rotatable bonds is 4. The number of amides is 1. The third kappa shape index (κ3) is 3.58. The normalized spacial score (nSPS) is 10.6. The van der Waals surface area contributed by atoms with Gasteiger partial charge in [0.15, 0.2) is 16.2 Å². The van der Waals surface area contributed by atoms with E-state index in [4.69, 9.17) is 16.0 Å². The molecule has 1 amide bonds. The van der Waals surface area contributed by atoms with Gasteiger partial charge in [-0.15, -0.1) is 0 Å². The Morgan fingerprint density at radius 2 is 2.00 bits per heavy atom. The molecule has 0 aliphatic heterocycles. The molecule has 2 aromatic heterocycles. The van der Waals surface area contributed by atoms with Gasteiger partial charge in [-0.1, -0.05) is 23.7 Å². The zero-order valence-corrected chi connectivity index (χ0v) is 13.6. The molecular formula is C15H11BrClN3O2. The molecule has 0 aliphatic carbocycles. The summed E-state index contributed by atoms with van der Waals surface area (Å²) in [4.78, 5) is 11.9. The first-order chi connectivity index (χ1) is 10.6. The molecule has 0 radical (unpaired) electrons. The Kier molecular flexibility index (Phi) is 4.31. The third-order valence-electron chi connectivity index (χ3n) is 2.94. The summed E-state index contributed by atoms with van der Waals surface area (Å²) in [5.41, 5.74) is 1.07. The van der Waals surface area contributed by atoms with E-state index in [1.807, 2.05) is 24.3 Å². The van der Waals surface area contributed by atoms with Crippen LogP contribution in [0.2, 0.25) is 5.02 Å². The average molecular weight is 381 g/mol. The minimum absolute atomic E-state index is 0.221. The number of nitrogens with one attached hydrogen (secondary N) is 1. The first-order valence-electron chi connectivity index (χ1n) is 6.45. The van der Waals surface area contributed by atoms with Crippen LogP contribution in [0, 0.1) is 0 Å². The molecule has 7 heteroatoms. The number of carbonyl (C=O) groups is 1. The van der Waals surface area contributed by atoms with Crippen molar-refractivity contribution in [3.8, 4) is 0 Å². The second-order valence-electron chi connectivity index (χ2n) is 4.58. The van der Waals surface area contributed by atoms with Crippen molar-refractivity contribution in [2.24, 2.45) is 0 Å². The average Bonchev–Trinajstić information content (AvgIpc) is 3.11. The van der Waals surface area contributed by atoms with E-state index in [-0.39, 0.29) is 11.7 Å². The fourth-order valence-electron chi connectivity index (χ4n) is 1.91. The Hall–Kier alpha value is -2.05. The van der Waals surface area contributed by atoms with Crippen LogP contribution in [-0.4, -0.2) is 15.7 Å². The van der Waals surface area contributed by atoms with Gasteiger partial charge in [0.2, 0.25) is 0 Å². The number of hydrogen-bond acceptors (Lipinski definition) is 3. The zero-order chi connectivity index (χ0) is 15.5. The van der Waals surface area contributed by atoms with Gasteiger partial charge in [-0.2, -0.15) is 5.10 Å². The highest BCUT2D eigenvalue weighted by atomic mass is 79.9. The molecule has 0 atom stereocenters. The summed E-state index contributed by atoms with van der Waals surface area (Å²) in [5, 5.41) is 7.67. The topological polar surface area (TPSA) is 60.1 Å². The number of furan rings is 1. The van der Waals surface area contributed by atoms with E-state index in [1.54, 1.807) is 29.1 Å². The molecule has 0 aliphatic rings. The standard InChI is InChI=1S/C15H11BrClN3O2/c16-13-6-5-12(22-13)15(21)18-14-7-8-20(19-14)9-10-1-3-11(17)4-2-10/h1-8H,9H2,(H,18,19,21). The van der Waals surface area contributed by atoms with Gasteiger partial charge in [0, 0.05) is 17.3 Å². The first-order valence-corrected chi connectivity index (χ1v) is 7.62. The van der Waals surface area contributed by atoms with E-state index >= 15 is 0 Å². The molecule has 1 aromatic carbocycles. The molecule has 22 heavy (non-hydrogen) atoms. The Balaban J connectivity index is 1.66. The van der Waals surface area contributed by atoms with E-state index in [0.29, 0.717) is 22.1 Å². The lowest BCUT2D eigenvalue weighted by molar-refractivity contribution is 0.0995. The minimum Gasteiger partial charge on any atom is -0.444 e. The van der Waals surface area contributed by atoms with E-state index in [0.717, 1.165) is 5.56 Å². The molecule has 0 fully saturated rings. The maximum Gasteiger partial charge on any atom is 0.292 e. The number of hydrogen-bond donors (Lipinski definition) is 1. The lowest BCUT2D eigenvalue weighted by Gasteiger charge is -2.02. The van der Waals surface area contributed by atoms with Gasteiger partial charge in [-0.05, 0) is 45.8 Å². The Morgan fingerprint density at radius 1 is 1.23 bits per heavy atom. The van der Waals surface area contributed by atoms with Crippen molar-refractivity contribution in [3.63, 3.8) is 0 Å². The highest BCUT2D eigenvalue weighted by Crippen LogP contribution is 2.16. The molecule has 2 heterocycles. The Bertz CT molecular complexity index is 795.